The van der Waals surface area contributed by atoms with E-state index in [4.69, 9.17) is 0 Å². The van der Waals surface area contributed by atoms with Crippen LogP contribution in [0.2, 0.25) is 0 Å². The van der Waals surface area contributed by atoms with Crippen LogP contribution >= 0.6 is 0 Å². The van der Waals surface area contributed by atoms with E-state index in [0.29, 0.717) is 12.0 Å². The van der Waals surface area contributed by atoms with E-state index in [9.17, 15) is 0 Å². The van der Waals surface area contributed by atoms with Crippen LogP contribution in [0.4, 0.5) is 0 Å². The van der Waals surface area contributed by atoms with Crippen LogP contribution in [0.1, 0.15) is 34.1 Å². The van der Waals surface area contributed by atoms with Gasteiger partial charge in [-0.25, -0.2) is 0 Å². The van der Waals surface area contributed by atoms with Gasteiger partial charge in [0.25, 0.3) is 0 Å². The van der Waals surface area contributed by atoms with Crippen molar-refractivity contribution in [1.82, 2.24) is 5.32 Å². The molecule has 0 bridgehead atoms. The van der Waals surface area contributed by atoms with E-state index in [0.717, 1.165) is 5.92 Å². The lowest BCUT2D eigenvalue weighted by atomic mass is 9.85. The normalized spacial score (nSPS) is 19.4. The molecule has 72 valence electrons. The first-order valence-corrected chi connectivity index (χ1v) is 4.97. The van der Waals surface area contributed by atoms with Crippen molar-refractivity contribution in [1.29, 1.82) is 0 Å². The Labute approximate surface area is 77.2 Å². The molecule has 0 aromatic rings. The zero-order valence-electron chi connectivity index (χ0n) is 9.09. The lowest BCUT2D eigenvalue weighted by molar-refractivity contribution is 0.316. The van der Waals surface area contributed by atoms with E-state index in [1.54, 1.807) is 0 Å². The largest absolute Gasteiger partial charge is 0.317 e. The van der Waals surface area contributed by atoms with Gasteiger partial charge in [0.05, 0.1) is 0 Å². The molecule has 0 aromatic heterocycles. The molecule has 0 rings (SSSR count). The maximum atomic E-state index is 3.32. The molecule has 0 saturated carbocycles. The molecule has 0 radical (unpaired) electrons. The molecule has 3 unspecified atom stereocenters. The van der Waals surface area contributed by atoms with E-state index in [2.05, 4.69) is 45.2 Å². The summed E-state index contributed by atoms with van der Waals surface area (Å²) in [6.45, 7) is 8.90. The van der Waals surface area contributed by atoms with Gasteiger partial charge in [0.15, 0.2) is 0 Å². The third kappa shape index (κ3) is 3.40. The SMILES string of the molecule is CC=CC(C)C(CC)C(C)NC. The molecule has 0 aliphatic heterocycles. The van der Waals surface area contributed by atoms with Crippen molar-refractivity contribution in [3.05, 3.63) is 12.2 Å². The van der Waals surface area contributed by atoms with Gasteiger partial charge in [0.2, 0.25) is 0 Å². The zero-order valence-corrected chi connectivity index (χ0v) is 9.09. The number of hydrogen-bond acceptors (Lipinski definition) is 1. The van der Waals surface area contributed by atoms with Gasteiger partial charge in [-0.1, -0.05) is 32.4 Å². The summed E-state index contributed by atoms with van der Waals surface area (Å²) in [5.74, 6) is 1.44. The Bertz CT molecular complexity index is 129. The minimum absolute atomic E-state index is 0.612. The van der Waals surface area contributed by atoms with E-state index in [1.165, 1.54) is 6.42 Å². The molecule has 0 fully saturated rings. The van der Waals surface area contributed by atoms with Crippen LogP contribution in [0.25, 0.3) is 0 Å². The third-order valence-electron chi connectivity index (χ3n) is 2.74. The fourth-order valence-corrected chi connectivity index (χ4v) is 1.84. The minimum Gasteiger partial charge on any atom is -0.317 e. The molecule has 0 amide bonds. The average molecular weight is 169 g/mol. The van der Waals surface area contributed by atoms with Crippen LogP contribution in [0.15, 0.2) is 12.2 Å². The van der Waals surface area contributed by atoms with E-state index < -0.39 is 0 Å². The molecule has 3 atom stereocenters. The highest BCUT2D eigenvalue weighted by atomic mass is 14.9. The fraction of sp³-hybridized carbons (Fsp3) is 0.818. The smallest absolute Gasteiger partial charge is 0.00694 e. The zero-order chi connectivity index (χ0) is 9.56. The molecule has 0 aromatic carbocycles. The molecular weight excluding hydrogens is 146 g/mol. The van der Waals surface area contributed by atoms with Gasteiger partial charge in [0, 0.05) is 6.04 Å². The van der Waals surface area contributed by atoms with Crippen molar-refractivity contribution in [2.75, 3.05) is 7.05 Å². The van der Waals surface area contributed by atoms with Crippen molar-refractivity contribution in [2.24, 2.45) is 11.8 Å². The summed E-state index contributed by atoms with van der Waals surface area (Å²) in [5.41, 5.74) is 0. The van der Waals surface area contributed by atoms with Crippen molar-refractivity contribution < 1.29 is 0 Å². The first kappa shape index (κ1) is 11.7. The van der Waals surface area contributed by atoms with E-state index in [1.807, 2.05) is 7.05 Å². The minimum atomic E-state index is 0.612. The summed E-state index contributed by atoms with van der Waals surface area (Å²) in [6.07, 6.45) is 5.69. The van der Waals surface area contributed by atoms with Gasteiger partial charge in [-0.2, -0.15) is 0 Å². The lowest BCUT2D eigenvalue weighted by Gasteiger charge is -2.26. The summed E-state index contributed by atoms with van der Waals surface area (Å²) in [5, 5.41) is 3.32. The Morgan fingerprint density at radius 3 is 2.25 bits per heavy atom. The van der Waals surface area contributed by atoms with Gasteiger partial charge >= 0.3 is 0 Å². The van der Waals surface area contributed by atoms with Crippen LogP contribution in [-0.2, 0) is 0 Å². The van der Waals surface area contributed by atoms with Crippen LogP contribution in [0, 0.1) is 11.8 Å². The number of nitrogens with one attached hydrogen (secondary N) is 1. The van der Waals surface area contributed by atoms with Crippen LogP contribution in [0.5, 0.6) is 0 Å². The second kappa shape index (κ2) is 6.24. The topological polar surface area (TPSA) is 12.0 Å². The van der Waals surface area contributed by atoms with E-state index >= 15 is 0 Å². The highest BCUT2D eigenvalue weighted by Gasteiger charge is 2.18. The molecule has 1 N–H and O–H groups in total. The second-order valence-electron chi connectivity index (χ2n) is 3.53. The van der Waals surface area contributed by atoms with Crippen molar-refractivity contribution >= 4 is 0 Å². The third-order valence-corrected chi connectivity index (χ3v) is 2.74. The summed E-state index contributed by atoms with van der Waals surface area (Å²) >= 11 is 0. The second-order valence-corrected chi connectivity index (χ2v) is 3.53. The standard InChI is InChI=1S/C11H23N/c1-6-8-9(3)11(7-2)10(4)12-5/h6,8-12H,7H2,1-5H3. The molecular formula is C11H23N. The fourth-order valence-electron chi connectivity index (χ4n) is 1.84. The highest BCUT2D eigenvalue weighted by molar-refractivity contribution is 4.89. The quantitative estimate of drug-likeness (QED) is 0.624. The lowest BCUT2D eigenvalue weighted by Crippen LogP contribution is -2.33. The van der Waals surface area contributed by atoms with Gasteiger partial charge in [-0.15, -0.1) is 0 Å². The van der Waals surface area contributed by atoms with Crippen molar-refractivity contribution in [3.63, 3.8) is 0 Å². The number of allylic oxidation sites excluding steroid dienone is 2. The molecule has 0 aliphatic carbocycles. The molecule has 0 heterocycles. The molecule has 1 nitrogen and oxygen atoms in total. The number of hydrogen-bond donors (Lipinski definition) is 1. The Morgan fingerprint density at radius 2 is 1.92 bits per heavy atom. The Kier molecular flexibility index (Phi) is 6.09. The van der Waals surface area contributed by atoms with Gasteiger partial charge in [0.1, 0.15) is 0 Å². The summed E-state index contributed by atoms with van der Waals surface area (Å²) in [7, 11) is 2.04. The van der Waals surface area contributed by atoms with E-state index in [-0.39, 0.29) is 0 Å². The summed E-state index contributed by atoms with van der Waals surface area (Å²) in [4.78, 5) is 0. The van der Waals surface area contributed by atoms with Gasteiger partial charge < -0.3 is 5.32 Å². The monoisotopic (exact) mass is 169 g/mol. The van der Waals surface area contributed by atoms with Gasteiger partial charge in [-0.05, 0) is 32.7 Å². The van der Waals surface area contributed by atoms with Crippen LogP contribution in [0.3, 0.4) is 0 Å². The first-order chi connectivity index (χ1) is 5.67. The van der Waals surface area contributed by atoms with Gasteiger partial charge in [-0.3, -0.25) is 0 Å². The molecule has 0 spiro atoms. The average Bonchev–Trinajstić information content (AvgIpc) is 2.06. The predicted octanol–water partition coefficient (Wildman–Crippen LogP) is 2.83. The highest BCUT2D eigenvalue weighted by Crippen LogP contribution is 2.20. The summed E-state index contributed by atoms with van der Waals surface area (Å²) in [6, 6.07) is 0.612. The van der Waals surface area contributed by atoms with Crippen LogP contribution < -0.4 is 5.32 Å². The Hall–Kier alpha value is -0.300. The molecule has 0 aliphatic rings. The van der Waals surface area contributed by atoms with Crippen molar-refractivity contribution in [2.45, 2.75) is 40.2 Å². The molecule has 12 heavy (non-hydrogen) atoms. The first-order valence-electron chi connectivity index (χ1n) is 4.97. The van der Waals surface area contributed by atoms with Crippen LogP contribution in [-0.4, -0.2) is 13.1 Å². The summed E-state index contributed by atoms with van der Waals surface area (Å²) < 4.78 is 0. The molecule has 1 heteroatoms. The Morgan fingerprint density at radius 1 is 1.33 bits per heavy atom. The maximum absolute atomic E-state index is 3.32. The Balaban J connectivity index is 4.12. The molecule has 0 saturated heterocycles. The van der Waals surface area contributed by atoms with Crippen molar-refractivity contribution in [3.8, 4) is 0 Å². The maximum Gasteiger partial charge on any atom is 0.00694 e. The number of rotatable bonds is 5. The predicted molar refractivity (Wildman–Crippen MR) is 56.3 cm³/mol.